The SMILES string of the molecule is O=c1[nH]ccnc1Nc1cccc2c1CCNC2. The third kappa shape index (κ3) is 2.00. The van der Waals surface area contributed by atoms with E-state index in [0.717, 1.165) is 25.2 Å². The molecule has 1 aliphatic rings. The molecule has 3 N–H and O–H groups in total. The molecule has 0 saturated carbocycles. The minimum atomic E-state index is -0.205. The molecule has 0 spiro atoms. The van der Waals surface area contributed by atoms with Crippen LogP contribution in [-0.2, 0) is 13.0 Å². The highest BCUT2D eigenvalue weighted by atomic mass is 16.1. The lowest BCUT2D eigenvalue weighted by Gasteiger charge is -2.20. The lowest BCUT2D eigenvalue weighted by Crippen LogP contribution is -2.24. The Morgan fingerprint density at radius 2 is 2.28 bits per heavy atom. The van der Waals surface area contributed by atoms with Crippen molar-refractivity contribution >= 4 is 11.5 Å². The van der Waals surface area contributed by atoms with Gasteiger partial charge in [-0.05, 0) is 30.2 Å². The van der Waals surface area contributed by atoms with Gasteiger partial charge in [0.25, 0.3) is 5.56 Å². The number of nitrogens with one attached hydrogen (secondary N) is 3. The zero-order valence-corrected chi connectivity index (χ0v) is 9.86. The summed E-state index contributed by atoms with van der Waals surface area (Å²) in [6, 6.07) is 6.08. The van der Waals surface area contributed by atoms with Gasteiger partial charge in [0.15, 0.2) is 5.82 Å². The number of H-pyrrole nitrogens is 1. The molecule has 92 valence electrons. The zero-order valence-electron chi connectivity index (χ0n) is 9.86. The summed E-state index contributed by atoms with van der Waals surface area (Å²) in [6.45, 7) is 1.84. The van der Waals surface area contributed by atoms with Crippen LogP contribution in [0.4, 0.5) is 11.5 Å². The quantitative estimate of drug-likeness (QED) is 0.739. The summed E-state index contributed by atoms with van der Waals surface area (Å²) in [5, 5.41) is 6.45. The van der Waals surface area contributed by atoms with Crippen molar-refractivity contribution in [1.29, 1.82) is 0 Å². The number of aromatic nitrogens is 2. The predicted molar refractivity (Wildman–Crippen MR) is 70.0 cm³/mol. The summed E-state index contributed by atoms with van der Waals surface area (Å²) < 4.78 is 0. The molecule has 0 saturated heterocycles. The molecule has 0 atom stereocenters. The molecular formula is C13H14N4O. The molecule has 0 unspecified atom stereocenters. The van der Waals surface area contributed by atoms with Gasteiger partial charge in [-0.1, -0.05) is 12.1 Å². The highest BCUT2D eigenvalue weighted by molar-refractivity contribution is 5.62. The molecule has 1 aromatic heterocycles. The largest absolute Gasteiger partial charge is 0.335 e. The van der Waals surface area contributed by atoms with Gasteiger partial charge in [0, 0.05) is 24.6 Å². The van der Waals surface area contributed by atoms with Gasteiger partial charge in [-0.2, -0.15) is 0 Å². The Labute approximate surface area is 104 Å². The Morgan fingerprint density at radius 1 is 1.33 bits per heavy atom. The fourth-order valence-electron chi connectivity index (χ4n) is 2.22. The summed E-state index contributed by atoms with van der Waals surface area (Å²) in [4.78, 5) is 18.3. The monoisotopic (exact) mass is 242 g/mol. The number of aromatic amines is 1. The summed E-state index contributed by atoms with van der Waals surface area (Å²) in [5.74, 6) is 0.337. The first kappa shape index (κ1) is 11.0. The van der Waals surface area contributed by atoms with E-state index in [9.17, 15) is 4.79 Å². The molecule has 1 aromatic carbocycles. The molecule has 1 aliphatic heterocycles. The van der Waals surface area contributed by atoms with Crippen molar-refractivity contribution in [2.75, 3.05) is 11.9 Å². The summed E-state index contributed by atoms with van der Waals surface area (Å²) >= 11 is 0. The molecule has 18 heavy (non-hydrogen) atoms. The maximum Gasteiger partial charge on any atom is 0.291 e. The van der Waals surface area contributed by atoms with Crippen molar-refractivity contribution < 1.29 is 0 Å². The Balaban J connectivity index is 1.98. The average molecular weight is 242 g/mol. The molecule has 0 fully saturated rings. The molecule has 0 radical (unpaired) electrons. The molecule has 2 aromatic rings. The van der Waals surface area contributed by atoms with Crippen LogP contribution in [-0.4, -0.2) is 16.5 Å². The van der Waals surface area contributed by atoms with Gasteiger partial charge in [-0.15, -0.1) is 0 Å². The first-order valence-corrected chi connectivity index (χ1v) is 5.97. The minimum Gasteiger partial charge on any atom is -0.335 e. The van der Waals surface area contributed by atoms with Gasteiger partial charge in [-0.3, -0.25) is 4.79 Å². The van der Waals surface area contributed by atoms with Crippen molar-refractivity contribution in [2.24, 2.45) is 0 Å². The summed E-state index contributed by atoms with van der Waals surface area (Å²) in [6.07, 6.45) is 4.06. The Morgan fingerprint density at radius 3 is 3.17 bits per heavy atom. The van der Waals surface area contributed by atoms with Crippen LogP contribution in [0.15, 0.2) is 35.4 Å². The van der Waals surface area contributed by atoms with Crippen LogP contribution in [0.25, 0.3) is 0 Å². The fraction of sp³-hybridized carbons (Fsp3) is 0.231. The molecule has 3 rings (SSSR count). The van der Waals surface area contributed by atoms with Crippen molar-refractivity contribution in [2.45, 2.75) is 13.0 Å². The first-order chi connectivity index (χ1) is 8.84. The molecular weight excluding hydrogens is 228 g/mol. The van der Waals surface area contributed by atoms with Crippen molar-refractivity contribution in [3.05, 3.63) is 52.1 Å². The van der Waals surface area contributed by atoms with Gasteiger partial charge in [0.05, 0.1) is 0 Å². The second kappa shape index (κ2) is 4.62. The van der Waals surface area contributed by atoms with E-state index in [1.807, 2.05) is 12.1 Å². The van der Waals surface area contributed by atoms with Gasteiger partial charge in [0.1, 0.15) is 0 Å². The van der Waals surface area contributed by atoms with Crippen LogP contribution in [0.5, 0.6) is 0 Å². The highest BCUT2D eigenvalue weighted by Crippen LogP contribution is 2.24. The predicted octanol–water partition coefficient (Wildman–Crippen LogP) is 1.16. The number of fused-ring (bicyclic) bond motifs is 1. The van der Waals surface area contributed by atoms with Crippen molar-refractivity contribution in [1.82, 2.24) is 15.3 Å². The van der Waals surface area contributed by atoms with Crippen LogP contribution in [0.2, 0.25) is 0 Å². The van der Waals surface area contributed by atoms with E-state index < -0.39 is 0 Å². The second-order valence-corrected chi connectivity index (χ2v) is 4.26. The molecule has 0 bridgehead atoms. The van der Waals surface area contributed by atoms with Gasteiger partial charge < -0.3 is 15.6 Å². The van der Waals surface area contributed by atoms with Crippen LogP contribution in [0.1, 0.15) is 11.1 Å². The number of hydrogen-bond acceptors (Lipinski definition) is 4. The van der Waals surface area contributed by atoms with Gasteiger partial charge in [0.2, 0.25) is 0 Å². The molecule has 2 heterocycles. The second-order valence-electron chi connectivity index (χ2n) is 4.26. The van der Waals surface area contributed by atoms with E-state index in [1.54, 1.807) is 6.20 Å². The normalized spacial score (nSPS) is 14.0. The van der Waals surface area contributed by atoms with E-state index in [1.165, 1.54) is 17.3 Å². The average Bonchev–Trinajstić information content (AvgIpc) is 2.42. The number of nitrogens with zero attached hydrogens (tertiary/aromatic N) is 1. The van der Waals surface area contributed by atoms with Crippen LogP contribution in [0.3, 0.4) is 0 Å². The molecule has 5 heteroatoms. The van der Waals surface area contributed by atoms with Crippen LogP contribution >= 0.6 is 0 Å². The van der Waals surface area contributed by atoms with E-state index in [0.29, 0.717) is 5.82 Å². The maximum atomic E-state index is 11.6. The topological polar surface area (TPSA) is 69.8 Å². The van der Waals surface area contributed by atoms with Gasteiger partial charge in [-0.25, -0.2) is 4.98 Å². The highest BCUT2D eigenvalue weighted by Gasteiger charge is 2.13. The molecule has 0 amide bonds. The smallest absolute Gasteiger partial charge is 0.291 e. The molecule has 5 nitrogen and oxygen atoms in total. The van der Waals surface area contributed by atoms with Crippen LogP contribution in [0, 0.1) is 0 Å². The third-order valence-electron chi connectivity index (χ3n) is 3.10. The zero-order chi connectivity index (χ0) is 12.4. The Kier molecular flexibility index (Phi) is 2.82. The summed E-state index contributed by atoms with van der Waals surface area (Å²) in [7, 11) is 0. The summed E-state index contributed by atoms with van der Waals surface area (Å²) in [5.41, 5.74) is 3.31. The number of rotatable bonds is 2. The standard InChI is InChI=1S/C13H14N4O/c18-13-12(15-6-7-16-13)17-11-3-1-2-9-8-14-5-4-10(9)11/h1-3,6-7,14H,4-5,8H2,(H,15,17)(H,16,18). The number of anilines is 2. The van der Waals surface area contributed by atoms with Gasteiger partial charge >= 0.3 is 0 Å². The Bertz CT molecular complexity index is 620. The van der Waals surface area contributed by atoms with Crippen molar-refractivity contribution in [3.8, 4) is 0 Å². The maximum absolute atomic E-state index is 11.6. The third-order valence-corrected chi connectivity index (χ3v) is 3.10. The Hall–Kier alpha value is -2.14. The lowest BCUT2D eigenvalue weighted by molar-refractivity contribution is 0.645. The first-order valence-electron chi connectivity index (χ1n) is 5.97. The minimum absolute atomic E-state index is 0.205. The van der Waals surface area contributed by atoms with E-state index in [2.05, 4.69) is 26.7 Å². The number of hydrogen-bond donors (Lipinski definition) is 3. The van der Waals surface area contributed by atoms with Crippen LogP contribution < -0.4 is 16.2 Å². The van der Waals surface area contributed by atoms with E-state index >= 15 is 0 Å². The van der Waals surface area contributed by atoms with E-state index in [-0.39, 0.29) is 5.56 Å². The van der Waals surface area contributed by atoms with E-state index in [4.69, 9.17) is 0 Å². The van der Waals surface area contributed by atoms with Crippen molar-refractivity contribution in [3.63, 3.8) is 0 Å². The number of benzene rings is 1. The molecule has 0 aliphatic carbocycles. The lowest BCUT2D eigenvalue weighted by atomic mass is 9.99. The fourth-order valence-corrected chi connectivity index (χ4v) is 2.22.